The van der Waals surface area contributed by atoms with Crippen LogP contribution in [0.3, 0.4) is 0 Å². The molecule has 1 aromatic rings. The number of rotatable bonds is 6. The zero-order valence-corrected chi connectivity index (χ0v) is 14.2. The second-order valence-electron chi connectivity index (χ2n) is 5.59. The summed E-state index contributed by atoms with van der Waals surface area (Å²) in [5, 5.41) is 4.13. The van der Waals surface area contributed by atoms with E-state index in [2.05, 4.69) is 16.8 Å². The molecule has 1 saturated carbocycles. The zero-order valence-electron chi connectivity index (χ0n) is 13.4. The molecule has 22 heavy (non-hydrogen) atoms. The van der Waals surface area contributed by atoms with Crippen LogP contribution in [-0.4, -0.2) is 29.2 Å². The van der Waals surface area contributed by atoms with Crippen molar-refractivity contribution in [3.8, 4) is 5.75 Å². The number of hydrogen-bond donors (Lipinski definition) is 1. The Labute approximate surface area is 139 Å². The van der Waals surface area contributed by atoms with E-state index in [-0.39, 0.29) is 0 Å². The molecule has 1 N–H and O–H groups in total. The van der Waals surface area contributed by atoms with Crippen molar-refractivity contribution in [2.75, 3.05) is 18.5 Å². The molecule has 0 spiro atoms. The van der Waals surface area contributed by atoms with E-state index in [0.717, 1.165) is 23.1 Å². The van der Waals surface area contributed by atoms with Crippen molar-refractivity contribution in [1.29, 1.82) is 0 Å². The standard InChI is InChI=1S/C18H26N2OS/c1-3-14-20(15-10-6-5-7-11-15)18(22)19-16-12-8-9-13-17(16)21-4-2/h3,8-9,12-13,15H,1,4-7,10-11,14H2,2H3,(H,19,22). The summed E-state index contributed by atoms with van der Waals surface area (Å²) in [6, 6.07) is 8.45. The Kier molecular flexibility index (Phi) is 6.72. The molecular weight excluding hydrogens is 292 g/mol. The van der Waals surface area contributed by atoms with E-state index in [1.54, 1.807) is 0 Å². The SMILES string of the molecule is C=CCN(C(=S)Nc1ccccc1OCC)C1CCCCC1. The van der Waals surface area contributed by atoms with Gasteiger partial charge in [-0.15, -0.1) is 6.58 Å². The number of ether oxygens (including phenoxy) is 1. The highest BCUT2D eigenvalue weighted by Gasteiger charge is 2.22. The first-order chi connectivity index (χ1) is 10.8. The van der Waals surface area contributed by atoms with Gasteiger partial charge in [-0.2, -0.15) is 0 Å². The van der Waals surface area contributed by atoms with Gasteiger partial charge in [-0.05, 0) is 44.1 Å². The molecule has 0 radical (unpaired) electrons. The van der Waals surface area contributed by atoms with E-state index < -0.39 is 0 Å². The average Bonchev–Trinajstić information content (AvgIpc) is 2.55. The minimum atomic E-state index is 0.519. The molecule has 0 amide bonds. The molecule has 3 nitrogen and oxygen atoms in total. The maximum absolute atomic E-state index is 5.66. The van der Waals surface area contributed by atoms with Crippen molar-refractivity contribution in [3.63, 3.8) is 0 Å². The third-order valence-corrected chi connectivity index (χ3v) is 4.37. The first-order valence-electron chi connectivity index (χ1n) is 8.16. The molecule has 120 valence electrons. The van der Waals surface area contributed by atoms with Gasteiger partial charge in [-0.25, -0.2) is 0 Å². The van der Waals surface area contributed by atoms with Crippen LogP contribution in [0.5, 0.6) is 5.75 Å². The number of benzene rings is 1. The number of hydrogen-bond acceptors (Lipinski definition) is 2. The summed E-state index contributed by atoms with van der Waals surface area (Å²) in [6.45, 7) is 7.29. The Morgan fingerprint density at radius 3 is 2.77 bits per heavy atom. The fourth-order valence-corrected chi connectivity index (χ4v) is 3.30. The molecule has 4 heteroatoms. The maximum atomic E-state index is 5.66. The quantitative estimate of drug-likeness (QED) is 0.612. The molecule has 2 rings (SSSR count). The Bertz CT molecular complexity index is 498. The minimum absolute atomic E-state index is 0.519. The first kappa shape index (κ1) is 16.8. The van der Waals surface area contributed by atoms with Crippen molar-refractivity contribution >= 4 is 23.0 Å². The first-order valence-corrected chi connectivity index (χ1v) is 8.57. The highest BCUT2D eigenvalue weighted by Crippen LogP contribution is 2.26. The van der Waals surface area contributed by atoms with Crippen molar-refractivity contribution < 1.29 is 4.74 Å². The molecule has 0 saturated heterocycles. The lowest BCUT2D eigenvalue weighted by molar-refractivity contribution is 0.263. The van der Waals surface area contributed by atoms with E-state index in [1.807, 2.05) is 37.3 Å². The van der Waals surface area contributed by atoms with Gasteiger partial charge in [-0.1, -0.05) is 37.5 Å². The van der Waals surface area contributed by atoms with Gasteiger partial charge in [-0.3, -0.25) is 0 Å². The Morgan fingerprint density at radius 1 is 1.36 bits per heavy atom. The van der Waals surface area contributed by atoms with E-state index >= 15 is 0 Å². The van der Waals surface area contributed by atoms with Crippen LogP contribution in [-0.2, 0) is 0 Å². The third kappa shape index (κ3) is 4.47. The van der Waals surface area contributed by atoms with Gasteiger partial charge in [0.2, 0.25) is 0 Å². The van der Waals surface area contributed by atoms with Gasteiger partial charge in [0.25, 0.3) is 0 Å². The zero-order chi connectivity index (χ0) is 15.8. The van der Waals surface area contributed by atoms with Crippen LogP contribution in [0.1, 0.15) is 39.0 Å². The summed E-state index contributed by atoms with van der Waals surface area (Å²) in [7, 11) is 0. The minimum Gasteiger partial charge on any atom is -0.492 e. The Hall–Kier alpha value is -1.55. The van der Waals surface area contributed by atoms with Crippen molar-refractivity contribution in [2.45, 2.75) is 45.1 Å². The largest absolute Gasteiger partial charge is 0.492 e. The summed E-state index contributed by atoms with van der Waals surface area (Å²) < 4.78 is 5.66. The van der Waals surface area contributed by atoms with Crippen LogP contribution in [0.25, 0.3) is 0 Å². The molecule has 0 unspecified atom stereocenters. The number of thiocarbonyl (C=S) groups is 1. The van der Waals surface area contributed by atoms with Crippen LogP contribution in [0, 0.1) is 0 Å². The molecule has 0 heterocycles. The highest BCUT2D eigenvalue weighted by molar-refractivity contribution is 7.80. The van der Waals surface area contributed by atoms with Gasteiger partial charge in [0, 0.05) is 12.6 Å². The predicted octanol–water partition coefficient (Wildman–Crippen LogP) is 4.60. The molecule has 0 aliphatic heterocycles. The lowest BCUT2D eigenvalue weighted by Gasteiger charge is -2.35. The molecule has 1 aromatic carbocycles. The van der Waals surface area contributed by atoms with Crippen LogP contribution in [0.2, 0.25) is 0 Å². The van der Waals surface area contributed by atoms with Crippen molar-refractivity contribution in [2.24, 2.45) is 0 Å². The topological polar surface area (TPSA) is 24.5 Å². The molecular formula is C18H26N2OS. The summed E-state index contributed by atoms with van der Waals surface area (Å²) >= 11 is 5.66. The second kappa shape index (κ2) is 8.79. The van der Waals surface area contributed by atoms with Crippen LogP contribution in [0.4, 0.5) is 5.69 Å². The number of anilines is 1. The van der Waals surface area contributed by atoms with E-state index in [1.165, 1.54) is 32.1 Å². The average molecular weight is 318 g/mol. The van der Waals surface area contributed by atoms with Crippen LogP contribution < -0.4 is 10.1 Å². The normalized spacial score (nSPS) is 15.1. The van der Waals surface area contributed by atoms with Gasteiger partial charge < -0.3 is 15.0 Å². The summed E-state index contributed by atoms with van der Waals surface area (Å²) in [5.74, 6) is 0.842. The van der Waals surface area contributed by atoms with Gasteiger partial charge in [0.15, 0.2) is 5.11 Å². The molecule has 0 atom stereocenters. The molecule has 1 aliphatic carbocycles. The highest BCUT2D eigenvalue weighted by atomic mass is 32.1. The number of para-hydroxylation sites is 2. The predicted molar refractivity (Wildman–Crippen MR) is 97.6 cm³/mol. The van der Waals surface area contributed by atoms with Crippen LogP contribution in [0.15, 0.2) is 36.9 Å². The van der Waals surface area contributed by atoms with Gasteiger partial charge in [0.05, 0.1) is 12.3 Å². The smallest absolute Gasteiger partial charge is 0.174 e. The summed E-state index contributed by atoms with van der Waals surface area (Å²) in [6.07, 6.45) is 8.27. The molecule has 0 aromatic heterocycles. The number of nitrogens with zero attached hydrogens (tertiary/aromatic N) is 1. The lowest BCUT2D eigenvalue weighted by Crippen LogP contribution is -2.43. The molecule has 0 bridgehead atoms. The maximum Gasteiger partial charge on any atom is 0.174 e. The van der Waals surface area contributed by atoms with Crippen molar-refractivity contribution in [3.05, 3.63) is 36.9 Å². The number of nitrogens with one attached hydrogen (secondary N) is 1. The van der Waals surface area contributed by atoms with E-state index in [4.69, 9.17) is 17.0 Å². The van der Waals surface area contributed by atoms with Crippen molar-refractivity contribution in [1.82, 2.24) is 4.90 Å². The van der Waals surface area contributed by atoms with Gasteiger partial charge in [0.1, 0.15) is 5.75 Å². The fourth-order valence-electron chi connectivity index (χ4n) is 2.97. The van der Waals surface area contributed by atoms with Gasteiger partial charge >= 0.3 is 0 Å². The molecule has 1 fully saturated rings. The Balaban J connectivity index is 2.08. The summed E-state index contributed by atoms with van der Waals surface area (Å²) in [4.78, 5) is 2.27. The van der Waals surface area contributed by atoms with E-state index in [0.29, 0.717) is 12.6 Å². The monoisotopic (exact) mass is 318 g/mol. The fraction of sp³-hybridized carbons (Fsp3) is 0.500. The summed E-state index contributed by atoms with van der Waals surface area (Å²) in [5.41, 5.74) is 0.930. The lowest BCUT2D eigenvalue weighted by atomic mass is 9.94. The third-order valence-electron chi connectivity index (χ3n) is 4.03. The van der Waals surface area contributed by atoms with E-state index in [9.17, 15) is 0 Å². The molecule has 1 aliphatic rings. The second-order valence-corrected chi connectivity index (χ2v) is 5.98. The van der Waals surface area contributed by atoms with Crippen LogP contribution >= 0.6 is 12.2 Å². The Morgan fingerprint density at radius 2 is 2.09 bits per heavy atom.